The average Bonchev–Trinajstić information content (AvgIpc) is 2.39. The SMILES string of the molecule is CCC(CC)N(C)C(=O)N1CCCC(C(=O)O)C1. The number of likely N-dealkylation sites (tertiary alicyclic amines) is 1. The summed E-state index contributed by atoms with van der Waals surface area (Å²) in [5.41, 5.74) is 0. The average molecular weight is 256 g/mol. The number of carbonyl (C=O) groups is 2. The zero-order valence-electron chi connectivity index (χ0n) is 11.6. The molecule has 0 saturated carbocycles. The van der Waals surface area contributed by atoms with E-state index in [1.807, 2.05) is 7.05 Å². The van der Waals surface area contributed by atoms with Gasteiger partial charge in [0.2, 0.25) is 0 Å². The minimum Gasteiger partial charge on any atom is -0.481 e. The molecule has 0 aromatic carbocycles. The molecule has 0 bridgehead atoms. The third kappa shape index (κ3) is 3.37. The summed E-state index contributed by atoms with van der Waals surface area (Å²) in [7, 11) is 1.81. The fraction of sp³-hybridized carbons (Fsp3) is 0.846. The number of carbonyl (C=O) groups excluding carboxylic acids is 1. The summed E-state index contributed by atoms with van der Waals surface area (Å²) < 4.78 is 0. The molecule has 1 unspecified atom stereocenters. The summed E-state index contributed by atoms with van der Waals surface area (Å²) in [5.74, 6) is -1.20. The highest BCUT2D eigenvalue weighted by Gasteiger charge is 2.30. The monoisotopic (exact) mass is 256 g/mol. The maximum absolute atomic E-state index is 12.3. The number of hydrogen-bond acceptors (Lipinski definition) is 2. The standard InChI is InChI=1S/C13H24N2O3/c1-4-11(5-2)14(3)13(18)15-8-6-7-10(9-15)12(16)17/h10-11H,4-9H2,1-3H3,(H,16,17). The van der Waals surface area contributed by atoms with Crippen molar-refractivity contribution < 1.29 is 14.7 Å². The first kappa shape index (κ1) is 14.8. The largest absolute Gasteiger partial charge is 0.481 e. The van der Waals surface area contributed by atoms with Crippen molar-refractivity contribution in [3.8, 4) is 0 Å². The van der Waals surface area contributed by atoms with Gasteiger partial charge < -0.3 is 14.9 Å². The molecule has 18 heavy (non-hydrogen) atoms. The maximum atomic E-state index is 12.3. The van der Waals surface area contributed by atoms with E-state index in [4.69, 9.17) is 5.11 Å². The van der Waals surface area contributed by atoms with Crippen LogP contribution in [0.15, 0.2) is 0 Å². The van der Waals surface area contributed by atoms with Crippen molar-refractivity contribution in [2.75, 3.05) is 20.1 Å². The van der Waals surface area contributed by atoms with E-state index in [0.717, 1.165) is 19.3 Å². The zero-order valence-corrected chi connectivity index (χ0v) is 11.6. The maximum Gasteiger partial charge on any atom is 0.320 e. The highest BCUT2D eigenvalue weighted by molar-refractivity contribution is 5.76. The van der Waals surface area contributed by atoms with E-state index >= 15 is 0 Å². The molecule has 0 aromatic heterocycles. The van der Waals surface area contributed by atoms with Crippen LogP contribution >= 0.6 is 0 Å². The number of piperidine rings is 1. The predicted octanol–water partition coefficient (Wildman–Crippen LogP) is 2.02. The highest BCUT2D eigenvalue weighted by atomic mass is 16.4. The summed E-state index contributed by atoms with van der Waals surface area (Å²) in [5, 5.41) is 9.03. The molecule has 1 rings (SSSR count). The van der Waals surface area contributed by atoms with Crippen molar-refractivity contribution in [3.63, 3.8) is 0 Å². The topological polar surface area (TPSA) is 60.9 Å². The van der Waals surface area contributed by atoms with E-state index in [2.05, 4.69) is 13.8 Å². The van der Waals surface area contributed by atoms with E-state index in [0.29, 0.717) is 19.5 Å². The molecule has 0 spiro atoms. The molecule has 1 aliphatic heterocycles. The number of carboxylic acid groups (broad SMARTS) is 1. The smallest absolute Gasteiger partial charge is 0.320 e. The van der Waals surface area contributed by atoms with Crippen molar-refractivity contribution in [2.45, 2.75) is 45.6 Å². The first-order chi connectivity index (χ1) is 8.51. The van der Waals surface area contributed by atoms with Crippen LogP contribution in [-0.4, -0.2) is 53.1 Å². The molecule has 5 nitrogen and oxygen atoms in total. The van der Waals surface area contributed by atoms with Crippen LogP contribution in [0.4, 0.5) is 4.79 Å². The number of rotatable bonds is 4. The summed E-state index contributed by atoms with van der Waals surface area (Å²) in [6, 6.07) is 0.206. The first-order valence-electron chi connectivity index (χ1n) is 6.75. The Balaban J connectivity index is 2.63. The van der Waals surface area contributed by atoms with Crippen LogP contribution in [0.1, 0.15) is 39.5 Å². The summed E-state index contributed by atoms with van der Waals surface area (Å²) in [6.45, 7) is 5.15. The van der Waals surface area contributed by atoms with Crippen molar-refractivity contribution >= 4 is 12.0 Å². The van der Waals surface area contributed by atoms with Crippen LogP contribution in [-0.2, 0) is 4.79 Å². The molecular formula is C13H24N2O3. The van der Waals surface area contributed by atoms with Crippen molar-refractivity contribution in [1.82, 2.24) is 9.80 Å². The van der Waals surface area contributed by atoms with Gasteiger partial charge in [0.25, 0.3) is 0 Å². The highest BCUT2D eigenvalue weighted by Crippen LogP contribution is 2.19. The van der Waals surface area contributed by atoms with Crippen molar-refractivity contribution in [3.05, 3.63) is 0 Å². The molecular weight excluding hydrogens is 232 g/mol. The Bertz CT molecular complexity index is 303. The van der Waals surface area contributed by atoms with Crippen LogP contribution in [0.25, 0.3) is 0 Å². The van der Waals surface area contributed by atoms with Crippen molar-refractivity contribution in [2.24, 2.45) is 5.92 Å². The Morgan fingerprint density at radius 1 is 1.39 bits per heavy atom. The van der Waals surface area contributed by atoms with E-state index in [9.17, 15) is 9.59 Å². The van der Waals surface area contributed by atoms with Gasteiger partial charge in [0, 0.05) is 26.2 Å². The lowest BCUT2D eigenvalue weighted by Crippen LogP contribution is -2.50. The number of carboxylic acids is 1. The normalized spacial score (nSPS) is 20.0. The van der Waals surface area contributed by atoms with Gasteiger partial charge in [0.15, 0.2) is 0 Å². The first-order valence-corrected chi connectivity index (χ1v) is 6.75. The quantitative estimate of drug-likeness (QED) is 0.837. The summed E-state index contributed by atoms with van der Waals surface area (Å²) in [6.07, 6.45) is 3.30. The van der Waals surface area contributed by atoms with Crippen LogP contribution in [0.5, 0.6) is 0 Å². The Labute approximate surface area is 109 Å². The van der Waals surface area contributed by atoms with Gasteiger partial charge in [0.1, 0.15) is 0 Å². The molecule has 0 aliphatic carbocycles. The summed E-state index contributed by atoms with van der Waals surface area (Å²) in [4.78, 5) is 26.7. The van der Waals surface area contributed by atoms with Gasteiger partial charge in [-0.15, -0.1) is 0 Å². The van der Waals surface area contributed by atoms with Gasteiger partial charge in [-0.25, -0.2) is 4.79 Å². The van der Waals surface area contributed by atoms with E-state index in [1.165, 1.54) is 0 Å². The van der Waals surface area contributed by atoms with Crippen LogP contribution < -0.4 is 0 Å². The molecule has 1 fully saturated rings. The van der Waals surface area contributed by atoms with Gasteiger partial charge in [0.05, 0.1) is 5.92 Å². The summed E-state index contributed by atoms with van der Waals surface area (Å²) >= 11 is 0. The van der Waals surface area contributed by atoms with Crippen LogP contribution in [0.2, 0.25) is 0 Å². The fourth-order valence-electron chi connectivity index (χ4n) is 2.57. The number of amides is 2. The molecule has 1 atom stereocenters. The van der Waals surface area contributed by atoms with Crippen LogP contribution in [0, 0.1) is 5.92 Å². The minimum atomic E-state index is -0.794. The third-order valence-corrected chi connectivity index (χ3v) is 3.83. The molecule has 1 aliphatic rings. The number of hydrogen-bond donors (Lipinski definition) is 1. The lowest BCUT2D eigenvalue weighted by Gasteiger charge is -2.36. The molecule has 2 amide bonds. The number of urea groups is 1. The molecule has 104 valence electrons. The minimum absolute atomic E-state index is 0.0327. The lowest BCUT2D eigenvalue weighted by atomic mass is 9.98. The molecule has 1 N–H and O–H groups in total. The molecule has 0 aromatic rings. The van der Waals surface area contributed by atoms with Crippen molar-refractivity contribution in [1.29, 1.82) is 0 Å². The van der Waals surface area contributed by atoms with Gasteiger partial charge in [-0.3, -0.25) is 4.79 Å². The zero-order chi connectivity index (χ0) is 13.7. The second-order valence-electron chi connectivity index (χ2n) is 4.99. The molecule has 5 heteroatoms. The second kappa shape index (κ2) is 6.61. The van der Waals surface area contributed by atoms with Crippen LogP contribution in [0.3, 0.4) is 0 Å². The van der Waals surface area contributed by atoms with Gasteiger partial charge in [-0.1, -0.05) is 13.8 Å². The Kier molecular flexibility index (Phi) is 5.44. The molecule has 1 saturated heterocycles. The Morgan fingerprint density at radius 2 is 2.00 bits per heavy atom. The number of aliphatic carboxylic acids is 1. The predicted molar refractivity (Wildman–Crippen MR) is 69.5 cm³/mol. The third-order valence-electron chi connectivity index (χ3n) is 3.83. The molecule has 0 radical (unpaired) electrons. The van der Waals surface area contributed by atoms with Gasteiger partial charge >= 0.3 is 12.0 Å². The number of nitrogens with zero attached hydrogens (tertiary/aromatic N) is 2. The lowest BCUT2D eigenvalue weighted by molar-refractivity contribution is -0.143. The Hall–Kier alpha value is -1.26. The Morgan fingerprint density at radius 3 is 2.50 bits per heavy atom. The molecule has 1 heterocycles. The van der Waals surface area contributed by atoms with E-state index in [-0.39, 0.29) is 12.1 Å². The van der Waals surface area contributed by atoms with E-state index in [1.54, 1.807) is 9.80 Å². The van der Waals surface area contributed by atoms with Gasteiger partial charge in [-0.05, 0) is 25.7 Å². The second-order valence-corrected chi connectivity index (χ2v) is 4.99. The fourth-order valence-corrected chi connectivity index (χ4v) is 2.57. The van der Waals surface area contributed by atoms with E-state index < -0.39 is 11.9 Å². The van der Waals surface area contributed by atoms with Gasteiger partial charge in [-0.2, -0.15) is 0 Å².